The number of carbonyl (C=O) groups excluding carboxylic acids is 1. The van der Waals surface area contributed by atoms with Crippen LogP contribution < -0.4 is 5.32 Å². The summed E-state index contributed by atoms with van der Waals surface area (Å²) in [6.07, 6.45) is 0. The molecule has 0 aliphatic carbocycles. The number of anilines is 1. The van der Waals surface area contributed by atoms with Gasteiger partial charge in [0.15, 0.2) is 0 Å². The van der Waals surface area contributed by atoms with Crippen molar-refractivity contribution in [3.63, 3.8) is 0 Å². The fraction of sp³-hybridized carbons (Fsp3) is 0.444. The van der Waals surface area contributed by atoms with Crippen molar-refractivity contribution in [3.05, 3.63) is 13.8 Å². The first kappa shape index (κ1) is 11.8. The van der Waals surface area contributed by atoms with Crippen molar-refractivity contribution in [1.82, 2.24) is 0 Å². The van der Waals surface area contributed by atoms with Crippen LogP contribution in [0.5, 0.6) is 0 Å². The molecule has 1 heterocycles. The molecule has 0 radical (unpaired) electrons. The molecule has 0 bridgehead atoms. The molecule has 0 saturated heterocycles. The van der Waals surface area contributed by atoms with Gasteiger partial charge in [0.1, 0.15) is 4.88 Å². The molecule has 14 heavy (non-hydrogen) atoms. The average molecular weight is 325 g/mol. The normalized spacial score (nSPS) is 10.4. The molecule has 1 rings (SSSR count). The Bertz CT molecular complexity index is 336. The second kappa shape index (κ2) is 4.97. The first-order chi connectivity index (χ1) is 6.54. The zero-order valence-corrected chi connectivity index (χ0v) is 11.2. The number of thiophene rings is 1. The van der Waals surface area contributed by atoms with Gasteiger partial charge in [-0.15, -0.1) is 11.3 Å². The number of halogens is 1. The van der Waals surface area contributed by atoms with E-state index in [4.69, 9.17) is 4.74 Å². The van der Waals surface area contributed by atoms with Crippen molar-refractivity contribution in [2.75, 3.05) is 12.4 Å². The molecule has 0 amide bonds. The average Bonchev–Trinajstić information content (AvgIpc) is 2.44. The van der Waals surface area contributed by atoms with Crippen LogP contribution in [0.4, 0.5) is 5.69 Å². The van der Waals surface area contributed by atoms with Gasteiger partial charge in [0.05, 0.1) is 15.7 Å². The maximum Gasteiger partial charge on any atom is 0.350 e. The van der Waals surface area contributed by atoms with E-state index >= 15 is 0 Å². The molecule has 0 aromatic carbocycles. The summed E-state index contributed by atoms with van der Waals surface area (Å²) in [6.45, 7) is 4.07. The largest absolute Gasteiger partial charge is 0.465 e. The van der Waals surface area contributed by atoms with Gasteiger partial charge in [-0.25, -0.2) is 4.79 Å². The number of hydrogen-bond donors (Lipinski definition) is 1. The van der Waals surface area contributed by atoms with E-state index in [1.54, 1.807) is 0 Å². The van der Waals surface area contributed by atoms with E-state index in [1.165, 1.54) is 18.4 Å². The number of rotatable bonds is 3. The molecule has 78 valence electrons. The summed E-state index contributed by atoms with van der Waals surface area (Å²) in [6, 6.07) is 2.26. The lowest BCUT2D eigenvalue weighted by molar-refractivity contribution is 0.0607. The van der Waals surface area contributed by atoms with E-state index < -0.39 is 0 Å². The zero-order chi connectivity index (χ0) is 10.7. The van der Waals surface area contributed by atoms with Crippen LogP contribution >= 0.6 is 33.9 Å². The minimum atomic E-state index is -0.277. The standard InChI is InChI=1S/C9H12INO2S/c1-5(2)11-6-4-7(10)14-8(6)9(12)13-3/h4-5,11H,1-3H3. The molecule has 0 saturated carbocycles. The number of carbonyl (C=O) groups is 1. The Kier molecular flexibility index (Phi) is 4.18. The Morgan fingerprint density at radius 3 is 2.79 bits per heavy atom. The quantitative estimate of drug-likeness (QED) is 0.686. The van der Waals surface area contributed by atoms with Crippen molar-refractivity contribution in [1.29, 1.82) is 0 Å². The van der Waals surface area contributed by atoms with Crippen molar-refractivity contribution in [2.45, 2.75) is 19.9 Å². The van der Waals surface area contributed by atoms with Crippen LogP contribution in [0.25, 0.3) is 0 Å². The van der Waals surface area contributed by atoms with Gasteiger partial charge in [0, 0.05) is 6.04 Å². The van der Waals surface area contributed by atoms with Crippen LogP contribution in [0.2, 0.25) is 0 Å². The molecule has 0 fully saturated rings. The van der Waals surface area contributed by atoms with Gasteiger partial charge in [0.2, 0.25) is 0 Å². The lowest BCUT2D eigenvalue weighted by atomic mass is 10.3. The third-order valence-corrected chi connectivity index (χ3v) is 3.39. The monoisotopic (exact) mass is 325 g/mol. The zero-order valence-electron chi connectivity index (χ0n) is 8.26. The maximum absolute atomic E-state index is 11.4. The van der Waals surface area contributed by atoms with Crippen LogP contribution in [0.3, 0.4) is 0 Å². The van der Waals surface area contributed by atoms with Crippen molar-refractivity contribution < 1.29 is 9.53 Å². The molecular formula is C9H12INO2S. The summed E-state index contributed by atoms with van der Waals surface area (Å²) in [5.74, 6) is -0.277. The predicted molar refractivity (Wildman–Crippen MR) is 67.1 cm³/mol. The van der Waals surface area contributed by atoms with Crippen molar-refractivity contribution in [2.24, 2.45) is 0 Å². The van der Waals surface area contributed by atoms with Gasteiger partial charge in [-0.3, -0.25) is 0 Å². The molecule has 5 heteroatoms. The first-order valence-corrected chi connectivity index (χ1v) is 6.08. The highest BCUT2D eigenvalue weighted by molar-refractivity contribution is 14.1. The van der Waals surface area contributed by atoms with E-state index in [0.717, 1.165) is 8.57 Å². The van der Waals surface area contributed by atoms with E-state index in [0.29, 0.717) is 10.9 Å². The van der Waals surface area contributed by atoms with Crippen molar-refractivity contribution in [3.8, 4) is 0 Å². The van der Waals surface area contributed by atoms with Crippen molar-refractivity contribution >= 4 is 45.6 Å². The molecular weight excluding hydrogens is 313 g/mol. The fourth-order valence-corrected chi connectivity index (χ4v) is 2.76. The Morgan fingerprint density at radius 1 is 1.64 bits per heavy atom. The summed E-state index contributed by atoms with van der Waals surface area (Å²) in [7, 11) is 1.40. The Morgan fingerprint density at radius 2 is 2.29 bits per heavy atom. The van der Waals surface area contributed by atoms with Crippen LogP contribution in [0, 0.1) is 2.88 Å². The molecule has 1 aromatic rings. The van der Waals surface area contributed by atoms with Gasteiger partial charge in [-0.05, 0) is 42.5 Å². The molecule has 1 N–H and O–H groups in total. The second-order valence-corrected chi connectivity index (χ2v) is 6.03. The van der Waals surface area contributed by atoms with Crippen LogP contribution in [0.1, 0.15) is 23.5 Å². The minimum Gasteiger partial charge on any atom is -0.465 e. The first-order valence-electron chi connectivity index (χ1n) is 4.18. The summed E-state index contributed by atoms with van der Waals surface area (Å²) in [4.78, 5) is 12.0. The lowest BCUT2D eigenvalue weighted by Gasteiger charge is -2.09. The van der Waals surface area contributed by atoms with Gasteiger partial charge < -0.3 is 10.1 Å². The molecule has 0 unspecified atom stereocenters. The van der Waals surface area contributed by atoms with Crippen LogP contribution in [-0.4, -0.2) is 19.1 Å². The number of methoxy groups -OCH3 is 1. The summed E-state index contributed by atoms with van der Waals surface area (Å²) >= 11 is 3.63. The molecule has 0 spiro atoms. The maximum atomic E-state index is 11.4. The highest BCUT2D eigenvalue weighted by atomic mass is 127. The number of nitrogens with one attached hydrogen (secondary N) is 1. The van der Waals surface area contributed by atoms with Gasteiger partial charge >= 0.3 is 5.97 Å². The topological polar surface area (TPSA) is 38.3 Å². The van der Waals surface area contributed by atoms with E-state index in [-0.39, 0.29) is 5.97 Å². The highest BCUT2D eigenvalue weighted by Gasteiger charge is 2.16. The molecule has 0 atom stereocenters. The van der Waals surface area contributed by atoms with Crippen LogP contribution in [-0.2, 0) is 4.74 Å². The third kappa shape index (κ3) is 2.84. The molecule has 0 aliphatic rings. The Hall–Kier alpha value is -0.300. The molecule has 3 nitrogen and oxygen atoms in total. The lowest BCUT2D eigenvalue weighted by Crippen LogP contribution is -2.12. The minimum absolute atomic E-state index is 0.277. The SMILES string of the molecule is COC(=O)c1sc(I)cc1NC(C)C. The number of hydrogen-bond acceptors (Lipinski definition) is 4. The van der Waals surface area contributed by atoms with Gasteiger partial charge in [0.25, 0.3) is 0 Å². The predicted octanol–water partition coefficient (Wildman–Crippen LogP) is 2.96. The summed E-state index contributed by atoms with van der Waals surface area (Å²) in [5, 5.41) is 3.21. The molecule has 0 aliphatic heterocycles. The van der Waals surface area contributed by atoms with E-state index in [1.807, 2.05) is 19.9 Å². The number of esters is 1. The van der Waals surface area contributed by atoms with E-state index in [2.05, 4.69) is 27.9 Å². The fourth-order valence-electron chi connectivity index (χ4n) is 1.02. The summed E-state index contributed by atoms with van der Waals surface area (Å²) in [5.41, 5.74) is 0.862. The van der Waals surface area contributed by atoms with Gasteiger partial charge in [-0.1, -0.05) is 0 Å². The smallest absolute Gasteiger partial charge is 0.350 e. The van der Waals surface area contributed by atoms with Gasteiger partial charge in [-0.2, -0.15) is 0 Å². The second-order valence-electron chi connectivity index (χ2n) is 3.08. The Labute approximate surface area is 101 Å². The highest BCUT2D eigenvalue weighted by Crippen LogP contribution is 2.29. The van der Waals surface area contributed by atoms with E-state index in [9.17, 15) is 4.79 Å². The van der Waals surface area contributed by atoms with Crippen LogP contribution in [0.15, 0.2) is 6.07 Å². The third-order valence-electron chi connectivity index (χ3n) is 1.52. The summed E-state index contributed by atoms with van der Waals surface area (Å²) < 4.78 is 5.78. The Balaban J connectivity index is 2.96. The molecule has 1 aromatic heterocycles. The number of ether oxygens (including phenoxy) is 1.